The van der Waals surface area contributed by atoms with Gasteiger partial charge in [0, 0.05) is 19.1 Å². The van der Waals surface area contributed by atoms with Gasteiger partial charge in [-0.05, 0) is 13.8 Å². The van der Waals surface area contributed by atoms with Gasteiger partial charge in [-0.1, -0.05) is 0 Å². The molecule has 6 heteroatoms. The van der Waals surface area contributed by atoms with E-state index in [9.17, 15) is 4.79 Å². The highest BCUT2D eigenvalue weighted by atomic mass is 35.5. The molecule has 0 radical (unpaired) electrons. The van der Waals surface area contributed by atoms with Gasteiger partial charge in [0.25, 0.3) is 0 Å². The molecule has 0 fully saturated rings. The van der Waals surface area contributed by atoms with Crippen LogP contribution in [-0.4, -0.2) is 25.2 Å². The van der Waals surface area contributed by atoms with Crippen LogP contribution in [0.5, 0.6) is 0 Å². The number of hydrogen-bond donors (Lipinski definition) is 3. The fourth-order valence-electron chi connectivity index (χ4n) is 0.499. The van der Waals surface area contributed by atoms with Crippen LogP contribution in [0.3, 0.4) is 0 Å². The van der Waals surface area contributed by atoms with Gasteiger partial charge < -0.3 is 16.4 Å². The molecule has 0 atom stereocenters. The molecule has 76 valence electrons. The largest absolute Gasteiger partial charge is 0.337 e. The molecule has 0 saturated carbocycles. The summed E-state index contributed by atoms with van der Waals surface area (Å²) in [7, 11) is 0. The van der Waals surface area contributed by atoms with Gasteiger partial charge in [0.15, 0.2) is 0 Å². The van der Waals surface area contributed by atoms with E-state index >= 15 is 0 Å². The second-order valence-corrected chi connectivity index (χ2v) is 2.34. The number of halogens is 2. The van der Waals surface area contributed by atoms with Crippen molar-refractivity contribution in [2.24, 2.45) is 5.73 Å². The maximum atomic E-state index is 10.7. The van der Waals surface area contributed by atoms with Crippen LogP contribution in [0, 0.1) is 0 Å². The molecule has 0 unspecified atom stereocenters. The van der Waals surface area contributed by atoms with Gasteiger partial charge in [0.1, 0.15) is 0 Å². The van der Waals surface area contributed by atoms with Gasteiger partial charge in [0.05, 0.1) is 0 Å². The van der Waals surface area contributed by atoms with E-state index in [0.717, 1.165) is 0 Å². The van der Waals surface area contributed by atoms with Crippen LogP contribution in [0.1, 0.15) is 13.8 Å². The minimum absolute atomic E-state index is 0. The Morgan fingerprint density at radius 1 is 1.42 bits per heavy atom. The topological polar surface area (TPSA) is 67.2 Å². The fraction of sp³-hybridized carbons (Fsp3) is 0.833. The molecule has 0 aliphatic rings. The number of carbonyl (C=O) groups excluding carboxylic acids is 1. The van der Waals surface area contributed by atoms with E-state index in [1.807, 2.05) is 13.8 Å². The lowest BCUT2D eigenvalue weighted by Crippen LogP contribution is -2.41. The quantitative estimate of drug-likeness (QED) is 0.645. The van der Waals surface area contributed by atoms with Crippen LogP contribution >= 0.6 is 24.8 Å². The summed E-state index contributed by atoms with van der Waals surface area (Å²) in [5.74, 6) is 0. The molecule has 0 aliphatic heterocycles. The van der Waals surface area contributed by atoms with E-state index < -0.39 is 0 Å². The van der Waals surface area contributed by atoms with Crippen LogP contribution in [0.2, 0.25) is 0 Å². The Balaban J connectivity index is -0.000000405. The predicted octanol–water partition coefficient (Wildman–Crippen LogP) is 0.496. The molecule has 0 aromatic heterocycles. The number of nitrogens with one attached hydrogen (secondary N) is 2. The van der Waals surface area contributed by atoms with Crippen molar-refractivity contribution < 1.29 is 4.79 Å². The monoisotopic (exact) mass is 217 g/mol. The van der Waals surface area contributed by atoms with Gasteiger partial charge >= 0.3 is 6.03 Å². The Kier molecular flexibility index (Phi) is 16.0. The molecule has 2 amide bonds. The summed E-state index contributed by atoms with van der Waals surface area (Å²) >= 11 is 0. The summed E-state index contributed by atoms with van der Waals surface area (Å²) in [4.78, 5) is 10.7. The molecule has 0 aromatic carbocycles. The molecule has 0 heterocycles. The van der Waals surface area contributed by atoms with Gasteiger partial charge in [-0.25, -0.2) is 4.79 Å². The van der Waals surface area contributed by atoms with E-state index in [4.69, 9.17) is 5.73 Å². The highest BCUT2D eigenvalue weighted by molar-refractivity contribution is 5.85. The fourth-order valence-corrected chi connectivity index (χ4v) is 0.499. The minimum atomic E-state index is -0.152. The zero-order valence-corrected chi connectivity index (χ0v) is 8.93. The molecule has 4 N–H and O–H groups in total. The SMILES string of the molecule is CC(C)NC(=O)NCCN.Cl.Cl. The van der Waals surface area contributed by atoms with E-state index in [0.29, 0.717) is 13.1 Å². The Hall–Kier alpha value is -0.190. The van der Waals surface area contributed by atoms with Crippen LogP contribution < -0.4 is 16.4 Å². The molecule has 12 heavy (non-hydrogen) atoms. The van der Waals surface area contributed by atoms with Gasteiger partial charge in [-0.15, -0.1) is 24.8 Å². The summed E-state index contributed by atoms with van der Waals surface area (Å²) in [6.07, 6.45) is 0. The second-order valence-electron chi connectivity index (χ2n) is 2.34. The molecular formula is C6H17Cl2N3O. The third kappa shape index (κ3) is 12.5. The number of nitrogens with two attached hydrogens (primary N) is 1. The Morgan fingerprint density at radius 3 is 2.25 bits per heavy atom. The van der Waals surface area contributed by atoms with Crippen molar-refractivity contribution in [1.29, 1.82) is 0 Å². The highest BCUT2D eigenvalue weighted by Gasteiger charge is 1.98. The lowest BCUT2D eigenvalue weighted by atomic mass is 10.4. The Labute approximate surface area is 85.5 Å². The Morgan fingerprint density at radius 2 is 1.92 bits per heavy atom. The number of amides is 2. The first-order chi connectivity index (χ1) is 4.66. The van der Waals surface area contributed by atoms with Crippen LogP contribution in [0.25, 0.3) is 0 Å². The molecule has 4 nitrogen and oxygen atoms in total. The van der Waals surface area contributed by atoms with Crippen LogP contribution in [0.4, 0.5) is 4.79 Å². The van der Waals surface area contributed by atoms with Gasteiger partial charge in [0.2, 0.25) is 0 Å². The zero-order chi connectivity index (χ0) is 7.98. The normalized spacial score (nSPS) is 8.00. The van der Waals surface area contributed by atoms with Crippen molar-refractivity contribution in [3.05, 3.63) is 0 Å². The number of hydrogen-bond acceptors (Lipinski definition) is 2. The molecule has 0 aromatic rings. The van der Waals surface area contributed by atoms with Crippen molar-refractivity contribution in [3.8, 4) is 0 Å². The van der Waals surface area contributed by atoms with Crippen LogP contribution in [-0.2, 0) is 0 Å². The smallest absolute Gasteiger partial charge is 0.315 e. The Bertz CT molecular complexity index is 111. The summed E-state index contributed by atoms with van der Waals surface area (Å²) in [5.41, 5.74) is 5.17. The van der Waals surface area contributed by atoms with Crippen molar-refractivity contribution in [3.63, 3.8) is 0 Å². The van der Waals surface area contributed by atoms with Crippen molar-refractivity contribution in [1.82, 2.24) is 10.6 Å². The number of carbonyl (C=O) groups is 1. The first kappa shape index (κ1) is 17.8. The third-order valence-electron chi connectivity index (χ3n) is 0.850. The minimum Gasteiger partial charge on any atom is -0.337 e. The first-order valence-electron chi connectivity index (χ1n) is 3.41. The van der Waals surface area contributed by atoms with E-state index in [-0.39, 0.29) is 36.9 Å². The average molecular weight is 218 g/mol. The maximum absolute atomic E-state index is 10.7. The zero-order valence-electron chi connectivity index (χ0n) is 7.29. The van der Waals surface area contributed by atoms with Gasteiger partial charge in [-0.3, -0.25) is 0 Å². The molecule has 0 rings (SSSR count). The number of urea groups is 1. The van der Waals surface area contributed by atoms with Gasteiger partial charge in [-0.2, -0.15) is 0 Å². The van der Waals surface area contributed by atoms with Crippen molar-refractivity contribution in [2.45, 2.75) is 19.9 Å². The lowest BCUT2D eigenvalue weighted by molar-refractivity contribution is 0.239. The summed E-state index contributed by atoms with van der Waals surface area (Å²) < 4.78 is 0. The van der Waals surface area contributed by atoms with E-state index in [1.54, 1.807) is 0 Å². The van der Waals surface area contributed by atoms with Crippen molar-refractivity contribution >= 4 is 30.8 Å². The summed E-state index contributed by atoms with van der Waals surface area (Å²) in [5, 5.41) is 5.26. The maximum Gasteiger partial charge on any atom is 0.315 e. The molecule has 0 saturated heterocycles. The van der Waals surface area contributed by atoms with Crippen LogP contribution in [0.15, 0.2) is 0 Å². The molecule has 0 spiro atoms. The lowest BCUT2D eigenvalue weighted by Gasteiger charge is -2.08. The second kappa shape index (κ2) is 10.8. The summed E-state index contributed by atoms with van der Waals surface area (Å²) in [6, 6.07) is 0.0261. The third-order valence-corrected chi connectivity index (χ3v) is 0.850. The molecule has 0 bridgehead atoms. The molecular weight excluding hydrogens is 201 g/mol. The summed E-state index contributed by atoms with van der Waals surface area (Å²) in [6.45, 7) is 4.81. The standard InChI is InChI=1S/C6H15N3O.2ClH/c1-5(2)9-6(10)8-4-3-7;;/h5H,3-4,7H2,1-2H3,(H2,8,9,10);2*1H. The van der Waals surface area contributed by atoms with Crippen molar-refractivity contribution in [2.75, 3.05) is 13.1 Å². The number of rotatable bonds is 3. The highest BCUT2D eigenvalue weighted by Crippen LogP contribution is 1.74. The van der Waals surface area contributed by atoms with E-state index in [1.165, 1.54) is 0 Å². The first-order valence-corrected chi connectivity index (χ1v) is 3.41. The molecule has 0 aliphatic carbocycles. The van der Waals surface area contributed by atoms with E-state index in [2.05, 4.69) is 10.6 Å². The predicted molar refractivity (Wildman–Crippen MR) is 55.2 cm³/mol. The average Bonchev–Trinajstić information content (AvgIpc) is 1.82.